The van der Waals surface area contributed by atoms with Gasteiger partial charge in [0.15, 0.2) is 0 Å². The van der Waals surface area contributed by atoms with Crippen molar-refractivity contribution >= 4 is 11.6 Å². The molecule has 0 amide bonds. The van der Waals surface area contributed by atoms with Crippen LogP contribution in [0, 0.1) is 0 Å². The normalized spacial score (nSPS) is 17.5. The van der Waals surface area contributed by atoms with Gasteiger partial charge in [-0.25, -0.2) is 0 Å². The van der Waals surface area contributed by atoms with Gasteiger partial charge in [-0.05, 0) is 24.8 Å². The highest BCUT2D eigenvalue weighted by molar-refractivity contribution is 6.18. The van der Waals surface area contributed by atoms with Crippen LogP contribution in [0.2, 0.25) is 0 Å². The van der Waals surface area contributed by atoms with Crippen molar-refractivity contribution in [2.24, 2.45) is 7.05 Å². The minimum absolute atomic E-state index is 0.740. The number of alkyl halides is 1. The standard InChI is InChI=1S/C14H24ClN3/c1-17-12-13(11-16-17)7-9-18(10-8-15)14-5-3-2-4-6-14/h11-12,14H,2-10H2,1H3. The van der Waals surface area contributed by atoms with Crippen molar-refractivity contribution in [2.75, 3.05) is 19.0 Å². The van der Waals surface area contributed by atoms with Gasteiger partial charge >= 0.3 is 0 Å². The molecule has 0 unspecified atom stereocenters. The van der Waals surface area contributed by atoms with Crippen molar-refractivity contribution in [1.29, 1.82) is 0 Å². The Morgan fingerprint density at radius 1 is 1.33 bits per heavy atom. The second-order valence-electron chi connectivity index (χ2n) is 5.29. The molecule has 1 aromatic heterocycles. The van der Waals surface area contributed by atoms with Gasteiger partial charge in [-0.3, -0.25) is 9.58 Å². The SMILES string of the molecule is Cn1cc(CCN(CCCl)C2CCCCC2)cn1. The summed E-state index contributed by atoms with van der Waals surface area (Å²) < 4.78 is 1.88. The number of hydrogen-bond donors (Lipinski definition) is 0. The van der Waals surface area contributed by atoms with E-state index in [1.807, 2.05) is 17.9 Å². The average molecular weight is 270 g/mol. The van der Waals surface area contributed by atoms with E-state index in [1.165, 1.54) is 37.7 Å². The summed E-state index contributed by atoms with van der Waals surface area (Å²) in [7, 11) is 1.97. The highest BCUT2D eigenvalue weighted by Gasteiger charge is 2.20. The van der Waals surface area contributed by atoms with E-state index in [-0.39, 0.29) is 0 Å². The van der Waals surface area contributed by atoms with E-state index < -0.39 is 0 Å². The van der Waals surface area contributed by atoms with Gasteiger partial charge < -0.3 is 0 Å². The van der Waals surface area contributed by atoms with E-state index in [0.29, 0.717) is 0 Å². The molecule has 0 atom stereocenters. The van der Waals surface area contributed by atoms with Crippen LogP contribution in [0.5, 0.6) is 0 Å². The molecule has 0 aromatic carbocycles. The number of hydrogen-bond acceptors (Lipinski definition) is 2. The largest absolute Gasteiger partial charge is 0.299 e. The fraction of sp³-hybridized carbons (Fsp3) is 0.786. The lowest BCUT2D eigenvalue weighted by Crippen LogP contribution is -2.39. The van der Waals surface area contributed by atoms with Crippen molar-refractivity contribution in [2.45, 2.75) is 44.6 Å². The minimum atomic E-state index is 0.740. The summed E-state index contributed by atoms with van der Waals surface area (Å²) in [6.07, 6.45) is 12.1. The average Bonchev–Trinajstić information content (AvgIpc) is 2.81. The molecule has 1 fully saturated rings. The summed E-state index contributed by atoms with van der Waals surface area (Å²) in [6, 6.07) is 0.758. The van der Waals surface area contributed by atoms with Gasteiger partial charge in [-0.15, -0.1) is 11.6 Å². The molecule has 4 heteroatoms. The second-order valence-corrected chi connectivity index (χ2v) is 5.67. The molecule has 2 rings (SSSR count). The molecule has 1 aliphatic carbocycles. The Morgan fingerprint density at radius 3 is 2.72 bits per heavy atom. The molecule has 1 aromatic rings. The second kappa shape index (κ2) is 7.15. The monoisotopic (exact) mass is 269 g/mol. The molecule has 0 aliphatic heterocycles. The van der Waals surface area contributed by atoms with Gasteiger partial charge in [-0.1, -0.05) is 19.3 Å². The zero-order valence-corrected chi connectivity index (χ0v) is 12.1. The smallest absolute Gasteiger partial charge is 0.0522 e. The fourth-order valence-corrected chi connectivity index (χ4v) is 3.12. The topological polar surface area (TPSA) is 21.1 Å². The number of aryl methyl sites for hydroxylation is 1. The van der Waals surface area contributed by atoms with Gasteiger partial charge in [-0.2, -0.15) is 5.10 Å². The van der Waals surface area contributed by atoms with E-state index in [0.717, 1.165) is 31.4 Å². The van der Waals surface area contributed by atoms with Gasteiger partial charge in [0.2, 0.25) is 0 Å². The van der Waals surface area contributed by atoms with E-state index in [4.69, 9.17) is 11.6 Å². The summed E-state index contributed by atoms with van der Waals surface area (Å²) in [6.45, 7) is 2.13. The van der Waals surface area contributed by atoms with Gasteiger partial charge in [0.25, 0.3) is 0 Å². The number of nitrogens with zero attached hydrogens (tertiary/aromatic N) is 3. The third-order valence-corrected chi connectivity index (χ3v) is 4.08. The molecule has 3 nitrogen and oxygen atoms in total. The molecule has 102 valence electrons. The van der Waals surface area contributed by atoms with Gasteiger partial charge in [0.1, 0.15) is 0 Å². The van der Waals surface area contributed by atoms with Gasteiger partial charge in [0.05, 0.1) is 6.20 Å². The molecule has 0 bridgehead atoms. The molecule has 0 N–H and O–H groups in total. The fourth-order valence-electron chi connectivity index (χ4n) is 2.91. The maximum Gasteiger partial charge on any atom is 0.0522 e. The summed E-state index contributed by atoms with van der Waals surface area (Å²) in [5, 5.41) is 4.23. The highest BCUT2D eigenvalue weighted by atomic mass is 35.5. The predicted octanol–water partition coefficient (Wildman–Crippen LogP) is 2.84. The van der Waals surface area contributed by atoms with E-state index in [1.54, 1.807) is 0 Å². The number of aromatic nitrogens is 2. The molecule has 1 aliphatic rings. The van der Waals surface area contributed by atoms with Crippen molar-refractivity contribution < 1.29 is 0 Å². The lowest BCUT2D eigenvalue weighted by Gasteiger charge is -2.33. The van der Waals surface area contributed by atoms with Crippen LogP contribution in [-0.2, 0) is 13.5 Å². The Kier molecular flexibility index (Phi) is 5.51. The van der Waals surface area contributed by atoms with Gasteiger partial charge in [0, 0.05) is 38.3 Å². The molecular formula is C14H24ClN3. The molecular weight excluding hydrogens is 246 g/mol. The summed E-state index contributed by atoms with van der Waals surface area (Å²) >= 11 is 5.94. The summed E-state index contributed by atoms with van der Waals surface area (Å²) in [5.41, 5.74) is 1.33. The van der Waals surface area contributed by atoms with E-state index >= 15 is 0 Å². The van der Waals surface area contributed by atoms with Crippen LogP contribution in [-0.4, -0.2) is 39.7 Å². The van der Waals surface area contributed by atoms with Crippen LogP contribution in [0.15, 0.2) is 12.4 Å². The molecule has 18 heavy (non-hydrogen) atoms. The van der Waals surface area contributed by atoms with Crippen molar-refractivity contribution in [1.82, 2.24) is 14.7 Å². The Hall–Kier alpha value is -0.540. The summed E-state index contributed by atoms with van der Waals surface area (Å²) in [4.78, 5) is 2.58. The van der Waals surface area contributed by atoms with Crippen LogP contribution in [0.3, 0.4) is 0 Å². The molecule has 0 radical (unpaired) electrons. The zero-order valence-electron chi connectivity index (χ0n) is 11.3. The molecule has 0 spiro atoms. The Bertz CT molecular complexity index is 345. The first-order valence-corrected chi connectivity index (χ1v) is 7.60. The zero-order chi connectivity index (χ0) is 12.8. The Labute approximate surface area is 115 Å². The maximum absolute atomic E-state index is 5.94. The molecule has 1 heterocycles. The predicted molar refractivity (Wildman–Crippen MR) is 76.1 cm³/mol. The first-order chi connectivity index (χ1) is 8.79. The van der Waals surface area contributed by atoms with Crippen LogP contribution in [0.25, 0.3) is 0 Å². The third-order valence-electron chi connectivity index (χ3n) is 3.91. The molecule has 1 saturated carbocycles. The first kappa shape index (κ1) is 13.9. The lowest BCUT2D eigenvalue weighted by atomic mass is 9.94. The minimum Gasteiger partial charge on any atom is -0.299 e. The first-order valence-electron chi connectivity index (χ1n) is 7.07. The number of rotatable bonds is 6. The van der Waals surface area contributed by atoms with E-state index in [9.17, 15) is 0 Å². The van der Waals surface area contributed by atoms with Crippen molar-refractivity contribution in [3.05, 3.63) is 18.0 Å². The molecule has 0 saturated heterocycles. The van der Waals surface area contributed by atoms with Crippen LogP contribution in [0.4, 0.5) is 0 Å². The Morgan fingerprint density at radius 2 is 2.11 bits per heavy atom. The summed E-state index contributed by atoms with van der Waals surface area (Å²) in [5.74, 6) is 0.740. The van der Waals surface area contributed by atoms with Crippen LogP contribution >= 0.6 is 11.6 Å². The Balaban J connectivity index is 1.85. The lowest BCUT2D eigenvalue weighted by molar-refractivity contribution is 0.166. The van der Waals surface area contributed by atoms with Crippen LogP contribution in [0.1, 0.15) is 37.7 Å². The van der Waals surface area contributed by atoms with E-state index in [2.05, 4.69) is 16.2 Å². The van der Waals surface area contributed by atoms with Crippen molar-refractivity contribution in [3.63, 3.8) is 0 Å². The third kappa shape index (κ3) is 3.99. The van der Waals surface area contributed by atoms with Crippen LogP contribution < -0.4 is 0 Å². The number of halogens is 1. The maximum atomic E-state index is 5.94. The quantitative estimate of drug-likeness (QED) is 0.741. The van der Waals surface area contributed by atoms with Crippen molar-refractivity contribution in [3.8, 4) is 0 Å². The highest BCUT2D eigenvalue weighted by Crippen LogP contribution is 2.22.